The Kier molecular flexibility index (Phi) is 2.66. The van der Waals surface area contributed by atoms with Crippen LogP contribution in [0, 0.1) is 5.92 Å². The molecule has 0 spiro atoms. The van der Waals surface area contributed by atoms with Gasteiger partial charge in [-0.2, -0.15) is 0 Å². The third kappa shape index (κ3) is 2.05. The number of rotatable bonds is 1. The molecule has 1 N–H and O–H groups in total. The average Bonchev–Trinajstić information content (AvgIpc) is 1.98. The van der Waals surface area contributed by atoms with Gasteiger partial charge in [0.1, 0.15) is 0 Å². The zero-order valence-electron chi connectivity index (χ0n) is 7.04. The zero-order valence-corrected chi connectivity index (χ0v) is 7.04. The highest BCUT2D eigenvalue weighted by atomic mass is 16.3. The summed E-state index contributed by atoms with van der Waals surface area (Å²) < 4.78 is 0. The van der Waals surface area contributed by atoms with E-state index in [1.165, 1.54) is 11.1 Å². The molecule has 0 amide bonds. The molecule has 0 aliphatic heterocycles. The number of fused-ring (bicyclic) bond motifs is 1. The standard InChI is InChI=1S/C6H4.C4H10O/c1-2-6-4-3-5(1)6;1-4(2)3-5/h1-4H;4-5H,3H2,1-2H3. The van der Waals surface area contributed by atoms with Gasteiger partial charge in [-0.3, -0.25) is 0 Å². The second-order valence-corrected chi connectivity index (χ2v) is 3.15. The normalized spacial score (nSPS) is 10.5. The van der Waals surface area contributed by atoms with E-state index in [9.17, 15) is 0 Å². The maximum Gasteiger partial charge on any atom is 0.0453 e. The summed E-state index contributed by atoms with van der Waals surface area (Å²) in [6, 6.07) is 8.48. The molecule has 0 aromatic rings. The largest absolute Gasteiger partial charge is 0.396 e. The number of hydrogen-bond donors (Lipinski definition) is 1. The van der Waals surface area contributed by atoms with Crippen LogP contribution in [0.25, 0.3) is 11.1 Å². The van der Waals surface area contributed by atoms with Crippen LogP contribution in [0.2, 0.25) is 0 Å². The van der Waals surface area contributed by atoms with Gasteiger partial charge in [0.05, 0.1) is 0 Å². The van der Waals surface area contributed by atoms with Crippen molar-refractivity contribution in [3.63, 3.8) is 0 Å². The van der Waals surface area contributed by atoms with E-state index in [4.69, 9.17) is 5.11 Å². The van der Waals surface area contributed by atoms with Crippen molar-refractivity contribution >= 4 is 0 Å². The van der Waals surface area contributed by atoms with Crippen molar-refractivity contribution in [3.8, 4) is 11.1 Å². The average molecular weight is 150 g/mol. The van der Waals surface area contributed by atoms with Crippen molar-refractivity contribution in [2.45, 2.75) is 13.8 Å². The Hall–Kier alpha value is -0.820. The Morgan fingerprint density at radius 1 is 1.09 bits per heavy atom. The first kappa shape index (κ1) is 8.28. The molecule has 1 heteroatoms. The molecule has 0 radical (unpaired) electrons. The summed E-state index contributed by atoms with van der Waals surface area (Å²) >= 11 is 0. The number of aliphatic hydroxyl groups excluding tert-OH is 1. The fourth-order valence-corrected chi connectivity index (χ4v) is 0.663. The number of aliphatic hydroxyl groups is 1. The molecule has 0 unspecified atom stereocenters. The van der Waals surface area contributed by atoms with Crippen molar-refractivity contribution in [2.24, 2.45) is 5.92 Å². The van der Waals surface area contributed by atoms with Crippen molar-refractivity contribution in [1.82, 2.24) is 0 Å². The third-order valence-corrected chi connectivity index (χ3v) is 1.58. The van der Waals surface area contributed by atoms with E-state index in [1.54, 1.807) is 0 Å². The van der Waals surface area contributed by atoms with E-state index in [0.29, 0.717) is 12.5 Å². The van der Waals surface area contributed by atoms with Gasteiger partial charge in [-0.1, -0.05) is 38.1 Å². The monoisotopic (exact) mass is 150 g/mol. The predicted molar refractivity (Wildman–Crippen MR) is 47.4 cm³/mol. The van der Waals surface area contributed by atoms with Gasteiger partial charge >= 0.3 is 0 Å². The maximum atomic E-state index is 8.14. The summed E-state index contributed by atoms with van der Waals surface area (Å²) in [6.07, 6.45) is 0. The molecule has 60 valence electrons. The summed E-state index contributed by atoms with van der Waals surface area (Å²) in [5, 5.41) is 8.14. The lowest BCUT2D eigenvalue weighted by Gasteiger charge is -2.10. The molecule has 0 atom stereocenters. The van der Waals surface area contributed by atoms with Crippen LogP contribution in [-0.2, 0) is 0 Å². The van der Waals surface area contributed by atoms with Crippen LogP contribution in [0.3, 0.4) is 0 Å². The number of benzene rings is 1. The van der Waals surface area contributed by atoms with Crippen molar-refractivity contribution in [2.75, 3.05) is 6.61 Å². The first-order valence-corrected chi connectivity index (χ1v) is 3.95. The molecule has 0 saturated heterocycles. The minimum atomic E-state index is 0.306. The summed E-state index contributed by atoms with van der Waals surface area (Å²) in [4.78, 5) is 0. The van der Waals surface area contributed by atoms with E-state index in [1.807, 2.05) is 13.8 Å². The highest BCUT2D eigenvalue weighted by Gasteiger charge is 2.03. The van der Waals surface area contributed by atoms with Gasteiger partial charge < -0.3 is 5.11 Å². The summed E-state index contributed by atoms with van der Waals surface area (Å²) in [5.74, 6) is 0.440. The van der Waals surface area contributed by atoms with Crippen LogP contribution >= 0.6 is 0 Å². The Morgan fingerprint density at radius 2 is 1.36 bits per heavy atom. The van der Waals surface area contributed by atoms with Gasteiger partial charge in [0.15, 0.2) is 0 Å². The molecule has 0 aromatic heterocycles. The first-order chi connectivity index (χ1) is 5.24. The van der Waals surface area contributed by atoms with Crippen molar-refractivity contribution in [3.05, 3.63) is 24.3 Å². The van der Waals surface area contributed by atoms with Crippen LogP contribution in [0.5, 0.6) is 0 Å². The van der Waals surface area contributed by atoms with Gasteiger partial charge in [-0.05, 0) is 17.0 Å². The molecule has 0 bridgehead atoms. The van der Waals surface area contributed by atoms with Gasteiger partial charge in [-0.15, -0.1) is 0 Å². The van der Waals surface area contributed by atoms with Crippen LogP contribution in [-0.4, -0.2) is 11.7 Å². The van der Waals surface area contributed by atoms with Crippen LogP contribution < -0.4 is 0 Å². The van der Waals surface area contributed by atoms with E-state index in [0.717, 1.165) is 0 Å². The molecule has 2 aliphatic rings. The molecule has 11 heavy (non-hydrogen) atoms. The van der Waals surface area contributed by atoms with Gasteiger partial charge in [0, 0.05) is 6.61 Å². The van der Waals surface area contributed by atoms with E-state index < -0.39 is 0 Å². The summed E-state index contributed by atoms with van der Waals surface area (Å²) in [6.45, 7) is 4.25. The van der Waals surface area contributed by atoms with E-state index >= 15 is 0 Å². The Labute approximate surface area is 67.7 Å². The zero-order chi connectivity index (χ0) is 8.27. The SMILES string of the molecule is CC(C)CO.c1cc2ccc1-2. The van der Waals surface area contributed by atoms with Crippen molar-refractivity contribution in [1.29, 1.82) is 0 Å². The lowest BCUT2D eigenvalue weighted by Crippen LogP contribution is -1.90. The molecule has 0 heterocycles. The second-order valence-electron chi connectivity index (χ2n) is 3.15. The fraction of sp³-hybridized carbons (Fsp3) is 0.400. The van der Waals surface area contributed by atoms with Crippen LogP contribution in [0.4, 0.5) is 0 Å². The molecule has 0 saturated carbocycles. The molecular formula is C10H14O. The molecule has 0 fully saturated rings. The molecule has 2 rings (SSSR count). The van der Waals surface area contributed by atoms with Gasteiger partial charge in [0.25, 0.3) is 0 Å². The topological polar surface area (TPSA) is 20.2 Å². The third-order valence-electron chi connectivity index (χ3n) is 1.58. The molecule has 0 aromatic carbocycles. The Morgan fingerprint density at radius 3 is 1.36 bits per heavy atom. The Balaban J connectivity index is 0.000000114. The van der Waals surface area contributed by atoms with E-state index in [-0.39, 0.29) is 0 Å². The predicted octanol–water partition coefficient (Wildman–Crippen LogP) is 2.30. The fourth-order valence-electron chi connectivity index (χ4n) is 0.663. The lowest BCUT2D eigenvalue weighted by atomic mass is 9.95. The summed E-state index contributed by atoms with van der Waals surface area (Å²) in [7, 11) is 0. The molecule has 2 aliphatic carbocycles. The summed E-state index contributed by atoms with van der Waals surface area (Å²) in [5.41, 5.74) is 2.85. The minimum absolute atomic E-state index is 0.306. The van der Waals surface area contributed by atoms with Crippen LogP contribution in [0.15, 0.2) is 24.3 Å². The second kappa shape index (κ2) is 3.54. The molecular weight excluding hydrogens is 136 g/mol. The minimum Gasteiger partial charge on any atom is -0.396 e. The lowest BCUT2D eigenvalue weighted by molar-refractivity contribution is 0.248. The molecule has 1 nitrogen and oxygen atoms in total. The Bertz CT molecular complexity index is 190. The highest BCUT2D eigenvalue weighted by Crippen LogP contribution is 2.29. The quantitative estimate of drug-likeness (QED) is 0.661. The smallest absolute Gasteiger partial charge is 0.0453 e. The first-order valence-electron chi connectivity index (χ1n) is 3.95. The number of hydrogen-bond acceptors (Lipinski definition) is 1. The van der Waals surface area contributed by atoms with Crippen molar-refractivity contribution < 1.29 is 5.11 Å². The van der Waals surface area contributed by atoms with Gasteiger partial charge in [-0.25, -0.2) is 0 Å². The highest BCUT2D eigenvalue weighted by molar-refractivity contribution is 5.75. The van der Waals surface area contributed by atoms with Gasteiger partial charge in [0.2, 0.25) is 0 Å². The maximum absolute atomic E-state index is 8.14. The van der Waals surface area contributed by atoms with Crippen LogP contribution in [0.1, 0.15) is 13.8 Å². The van der Waals surface area contributed by atoms with E-state index in [2.05, 4.69) is 24.3 Å².